The highest BCUT2D eigenvalue weighted by Gasteiger charge is 2.20. The number of rotatable bonds is 5. The molecule has 0 bridgehead atoms. The first kappa shape index (κ1) is 16.8. The van der Waals surface area contributed by atoms with E-state index in [9.17, 15) is 0 Å². The Bertz CT molecular complexity index is 646. The van der Waals surface area contributed by atoms with Gasteiger partial charge in [0.25, 0.3) is 0 Å². The van der Waals surface area contributed by atoms with Crippen LogP contribution in [0.15, 0.2) is 42.7 Å². The SMILES string of the molecule is Cc1c(NC2CCN(Cc3ccncc3)CC2)cccc1N(C)C. The summed E-state index contributed by atoms with van der Waals surface area (Å²) in [5.41, 5.74) is 5.25. The highest BCUT2D eigenvalue weighted by Crippen LogP contribution is 2.27. The summed E-state index contributed by atoms with van der Waals surface area (Å²) in [6.45, 7) is 5.53. The average Bonchev–Trinajstić information content (AvgIpc) is 2.59. The largest absolute Gasteiger partial charge is 0.382 e. The molecule has 2 heterocycles. The molecule has 24 heavy (non-hydrogen) atoms. The van der Waals surface area contributed by atoms with Crippen LogP contribution in [0.1, 0.15) is 24.0 Å². The molecule has 4 heteroatoms. The Morgan fingerprint density at radius 3 is 2.50 bits per heavy atom. The number of anilines is 2. The Hall–Kier alpha value is -2.07. The fourth-order valence-corrected chi connectivity index (χ4v) is 3.47. The molecule has 2 aromatic rings. The third kappa shape index (κ3) is 4.06. The molecule has 1 aliphatic rings. The van der Waals surface area contributed by atoms with E-state index in [1.165, 1.54) is 35.3 Å². The normalized spacial score (nSPS) is 16.1. The predicted molar refractivity (Wildman–Crippen MR) is 102 cm³/mol. The van der Waals surface area contributed by atoms with Crippen molar-refractivity contribution in [3.8, 4) is 0 Å². The minimum absolute atomic E-state index is 0.565. The molecular formula is C20H28N4. The molecule has 0 spiro atoms. The molecule has 1 fully saturated rings. The highest BCUT2D eigenvalue weighted by molar-refractivity contribution is 5.65. The quantitative estimate of drug-likeness (QED) is 0.912. The monoisotopic (exact) mass is 324 g/mol. The lowest BCUT2D eigenvalue weighted by Crippen LogP contribution is -2.38. The first-order valence-corrected chi connectivity index (χ1v) is 8.78. The van der Waals surface area contributed by atoms with E-state index in [4.69, 9.17) is 0 Å². The molecule has 1 N–H and O–H groups in total. The third-order valence-corrected chi connectivity index (χ3v) is 4.89. The number of nitrogens with zero attached hydrogens (tertiary/aromatic N) is 3. The average molecular weight is 324 g/mol. The van der Waals surface area contributed by atoms with Crippen LogP contribution in [-0.4, -0.2) is 43.1 Å². The Morgan fingerprint density at radius 1 is 1.12 bits per heavy atom. The summed E-state index contributed by atoms with van der Waals surface area (Å²) in [6.07, 6.45) is 6.14. The van der Waals surface area contributed by atoms with Gasteiger partial charge in [0.1, 0.15) is 0 Å². The van der Waals surface area contributed by atoms with Crippen molar-refractivity contribution in [1.82, 2.24) is 9.88 Å². The molecule has 0 atom stereocenters. The molecule has 0 saturated carbocycles. The van der Waals surface area contributed by atoms with Crippen LogP contribution in [0.25, 0.3) is 0 Å². The maximum atomic E-state index is 4.09. The Kier molecular flexibility index (Phi) is 5.36. The lowest BCUT2D eigenvalue weighted by molar-refractivity contribution is 0.211. The van der Waals surface area contributed by atoms with Crippen molar-refractivity contribution in [3.05, 3.63) is 53.9 Å². The van der Waals surface area contributed by atoms with Gasteiger partial charge < -0.3 is 10.2 Å². The Balaban J connectivity index is 1.55. The summed E-state index contributed by atoms with van der Waals surface area (Å²) in [5, 5.41) is 3.77. The van der Waals surface area contributed by atoms with Crippen molar-refractivity contribution >= 4 is 11.4 Å². The second-order valence-corrected chi connectivity index (χ2v) is 6.89. The second kappa shape index (κ2) is 7.67. The number of benzene rings is 1. The molecule has 0 amide bonds. The van der Waals surface area contributed by atoms with E-state index < -0.39 is 0 Å². The zero-order chi connectivity index (χ0) is 16.9. The minimum atomic E-state index is 0.565. The smallest absolute Gasteiger partial charge is 0.0411 e. The van der Waals surface area contributed by atoms with E-state index in [0.717, 1.165) is 19.6 Å². The zero-order valence-corrected chi connectivity index (χ0v) is 15.0. The first-order chi connectivity index (χ1) is 11.6. The number of nitrogens with one attached hydrogen (secondary N) is 1. The number of hydrogen-bond acceptors (Lipinski definition) is 4. The fourth-order valence-electron chi connectivity index (χ4n) is 3.47. The molecular weight excluding hydrogens is 296 g/mol. The lowest BCUT2D eigenvalue weighted by atomic mass is 10.0. The van der Waals surface area contributed by atoms with Crippen LogP contribution >= 0.6 is 0 Å². The third-order valence-electron chi connectivity index (χ3n) is 4.89. The highest BCUT2D eigenvalue weighted by atomic mass is 15.1. The van der Waals surface area contributed by atoms with E-state index in [1.807, 2.05) is 12.4 Å². The molecule has 0 radical (unpaired) electrons. The molecule has 1 saturated heterocycles. The molecule has 1 aromatic carbocycles. The topological polar surface area (TPSA) is 31.4 Å². The van der Waals surface area contributed by atoms with E-state index in [0.29, 0.717) is 6.04 Å². The van der Waals surface area contributed by atoms with Gasteiger partial charge in [0.05, 0.1) is 0 Å². The van der Waals surface area contributed by atoms with Crippen molar-refractivity contribution in [1.29, 1.82) is 0 Å². The van der Waals surface area contributed by atoms with Crippen LogP contribution < -0.4 is 10.2 Å². The maximum Gasteiger partial charge on any atom is 0.0411 e. The van der Waals surface area contributed by atoms with Gasteiger partial charge in [-0.25, -0.2) is 0 Å². The van der Waals surface area contributed by atoms with Crippen molar-refractivity contribution in [2.24, 2.45) is 0 Å². The summed E-state index contributed by atoms with van der Waals surface area (Å²) < 4.78 is 0. The lowest BCUT2D eigenvalue weighted by Gasteiger charge is -2.33. The van der Waals surface area contributed by atoms with E-state index in [2.05, 4.69) is 71.5 Å². The molecule has 4 nitrogen and oxygen atoms in total. The predicted octanol–water partition coefficient (Wildman–Crippen LogP) is 3.53. The van der Waals surface area contributed by atoms with Crippen molar-refractivity contribution in [3.63, 3.8) is 0 Å². The molecule has 1 aliphatic heterocycles. The van der Waals surface area contributed by atoms with Gasteiger partial charge in [-0.05, 0) is 55.2 Å². The number of hydrogen-bond donors (Lipinski definition) is 1. The van der Waals surface area contributed by atoms with Crippen LogP contribution in [0.3, 0.4) is 0 Å². The van der Waals surface area contributed by atoms with E-state index in [1.54, 1.807) is 0 Å². The van der Waals surface area contributed by atoms with Gasteiger partial charge in [0.2, 0.25) is 0 Å². The van der Waals surface area contributed by atoms with Crippen LogP contribution in [0, 0.1) is 6.92 Å². The van der Waals surface area contributed by atoms with Gasteiger partial charge in [-0.3, -0.25) is 9.88 Å². The second-order valence-electron chi connectivity index (χ2n) is 6.89. The molecule has 128 valence electrons. The van der Waals surface area contributed by atoms with Gasteiger partial charge in [-0.2, -0.15) is 0 Å². The molecule has 1 aromatic heterocycles. The fraction of sp³-hybridized carbons (Fsp3) is 0.450. The summed E-state index contributed by atoms with van der Waals surface area (Å²) in [6, 6.07) is 11.3. The van der Waals surface area contributed by atoms with Gasteiger partial charge in [-0.1, -0.05) is 6.07 Å². The van der Waals surface area contributed by atoms with Crippen molar-refractivity contribution < 1.29 is 0 Å². The number of pyridine rings is 1. The van der Waals surface area contributed by atoms with E-state index >= 15 is 0 Å². The Morgan fingerprint density at radius 2 is 1.83 bits per heavy atom. The Labute approximate surface area is 145 Å². The van der Waals surface area contributed by atoms with Gasteiger partial charge >= 0.3 is 0 Å². The van der Waals surface area contributed by atoms with Crippen molar-refractivity contribution in [2.45, 2.75) is 32.4 Å². The summed E-state index contributed by atoms with van der Waals surface area (Å²) >= 11 is 0. The summed E-state index contributed by atoms with van der Waals surface area (Å²) in [5.74, 6) is 0. The molecule has 0 aliphatic carbocycles. The first-order valence-electron chi connectivity index (χ1n) is 8.78. The minimum Gasteiger partial charge on any atom is -0.382 e. The van der Waals surface area contributed by atoms with Crippen LogP contribution in [0.5, 0.6) is 0 Å². The maximum absolute atomic E-state index is 4.09. The van der Waals surface area contributed by atoms with Gasteiger partial charge in [0.15, 0.2) is 0 Å². The van der Waals surface area contributed by atoms with Crippen LogP contribution in [-0.2, 0) is 6.54 Å². The molecule has 0 unspecified atom stereocenters. The van der Waals surface area contributed by atoms with Crippen LogP contribution in [0.2, 0.25) is 0 Å². The number of aromatic nitrogens is 1. The zero-order valence-electron chi connectivity index (χ0n) is 15.0. The van der Waals surface area contributed by atoms with Gasteiger partial charge in [-0.15, -0.1) is 0 Å². The van der Waals surface area contributed by atoms with Crippen molar-refractivity contribution in [2.75, 3.05) is 37.4 Å². The number of likely N-dealkylation sites (tertiary alicyclic amines) is 1. The standard InChI is InChI=1S/C20H28N4/c1-16-19(5-4-6-20(16)23(2)3)22-18-9-13-24(14-10-18)15-17-7-11-21-12-8-17/h4-8,11-12,18,22H,9-10,13-15H2,1-3H3. The number of piperidine rings is 1. The van der Waals surface area contributed by atoms with E-state index in [-0.39, 0.29) is 0 Å². The summed E-state index contributed by atoms with van der Waals surface area (Å²) in [7, 11) is 4.20. The van der Waals surface area contributed by atoms with Crippen LogP contribution in [0.4, 0.5) is 11.4 Å². The molecule has 3 rings (SSSR count). The summed E-state index contributed by atoms with van der Waals surface area (Å²) in [4.78, 5) is 8.81. The van der Waals surface area contributed by atoms with Gasteiger partial charge in [0, 0.05) is 63.5 Å².